The molecular weight excluding hydrogens is 421 g/mol. The van der Waals surface area contributed by atoms with E-state index in [0.29, 0.717) is 8.95 Å². The minimum absolute atomic E-state index is 0.0540. The largest absolute Gasteiger partial charge is 0.505 e. The Hall–Kier alpha value is -0.670. The maximum Gasteiger partial charge on any atom is 0.302 e. The quantitative estimate of drug-likeness (QED) is 0.748. The molecule has 1 atom stereocenters. The second kappa shape index (κ2) is 5.61. The SMILES string of the molecule is O=C1CC(CS(=O)(=O)F)CN1c1cc(Br)cc(Br)c1O. The Morgan fingerprint density at radius 1 is 1.40 bits per heavy atom. The minimum atomic E-state index is -4.62. The summed E-state index contributed by atoms with van der Waals surface area (Å²) < 4.78 is 35.0. The van der Waals surface area contributed by atoms with Crippen LogP contribution >= 0.6 is 31.9 Å². The van der Waals surface area contributed by atoms with Gasteiger partial charge in [-0.3, -0.25) is 4.79 Å². The molecule has 0 radical (unpaired) electrons. The third kappa shape index (κ3) is 3.50. The van der Waals surface area contributed by atoms with Crippen molar-refractivity contribution in [3.05, 3.63) is 21.1 Å². The Morgan fingerprint density at radius 3 is 2.65 bits per heavy atom. The van der Waals surface area contributed by atoms with E-state index in [2.05, 4.69) is 31.9 Å². The molecule has 1 aliphatic rings. The first-order valence-corrected chi connectivity index (χ1v) is 8.72. The number of carbonyl (C=O) groups excluding carboxylic acids is 1. The Kier molecular flexibility index (Phi) is 4.41. The number of phenols is 1. The number of benzene rings is 1. The number of hydrogen-bond acceptors (Lipinski definition) is 4. The molecule has 1 aromatic carbocycles. The number of halogens is 3. The van der Waals surface area contributed by atoms with Crippen molar-refractivity contribution in [3.63, 3.8) is 0 Å². The highest BCUT2D eigenvalue weighted by Gasteiger charge is 2.35. The van der Waals surface area contributed by atoms with Gasteiger partial charge in [0.1, 0.15) is 0 Å². The molecule has 0 saturated carbocycles. The molecule has 1 unspecified atom stereocenters. The summed E-state index contributed by atoms with van der Waals surface area (Å²) in [7, 11) is -4.62. The Morgan fingerprint density at radius 2 is 2.05 bits per heavy atom. The molecular formula is C11H10Br2FNO4S. The van der Waals surface area contributed by atoms with Crippen LogP contribution in [0.2, 0.25) is 0 Å². The Balaban J connectivity index is 2.29. The molecule has 1 N–H and O–H groups in total. The number of phenolic OH excluding ortho intramolecular Hbond substituents is 1. The molecule has 0 aromatic heterocycles. The van der Waals surface area contributed by atoms with Gasteiger partial charge in [-0.05, 0) is 28.1 Å². The van der Waals surface area contributed by atoms with Crippen molar-refractivity contribution in [2.45, 2.75) is 6.42 Å². The normalized spacial score (nSPS) is 19.6. The molecule has 1 aromatic rings. The number of nitrogens with zero attached hydrogens (tertiary/aromatic N) is 1. The Bertz CT molecular complexity index is 665. The minimum Gasteiger partial charge on any atom is -0.505 e. The summed E-state index contributed by atoms with van der Waals surface area (Å²) in [6.07, 6.45) is -0.0628. The lowest BCUT2D eigenvalue weighted by molar-refractivity contribution is -0.117. The topological polar surface area (TPSA) is 74.7 Å². The number of anilines is 1. The lowest BCUT2D eigenvalue weighted by Gasteiger charge is -2.19. The van der Waals surface area contributed by atoms with Crippen LogP contribution in [0.1, 0.15) is 6.42 Å². The first-order valence-electron chi connectivity index (χ1n) is 5.58. The summed E-state index contributed by atoms with van der Waals surface area (Å²) in [5, 5.41) is 9.97. The average Bonchev–Trinajstić information content (AvgIpc) is 2.62. The predicted molar refractivity (Wildman–Crippen MR) is 78.9 cm³/mol. The molecule has 1 heterocycles. The maximum absolute atomic E-state index is 12.7. The molecule has 0 bridgehead atoms. The number of carbonyl (C=O) groups is 1. The van der Waals surface area contributed by atoms with Crippen LogP contribution < -0.4 is 4.90 Å². The third-order valence-corrected chi connectivity index (χ3v) is 4.87. The van der Waals surface area contributed by atoms with Gasteiger partial charge >= 0.3 is 10.2 Å². The number of hydrogen-bond donors (Lipinski definition) is 1. The smallest absolute Gasteiger partial charge is 0.302 e. The van der Waals surface area contributed by atoms with Gasteiger partial charge in [-0.2, -0.15) is 8.42 Å². The zero-order valence-corrected chi connectivity index (χ0v) is 14.0. The number of rotatable bonds is 3. The summed E-state index contributed by atoms with van der Waals surface area (Å²) in [5.74, 6) is -1.77. The van der Waals surface area contributed by atoms with Crippen molar-refractivity contribution in [2.75, 3.05) is 17.2 Å². The van der Waals surface area contributed by atoms with Crippen LogP contribution in [0.3, 0.4) is 0 Å². The summed E-state index contributed by atoms with van der Waals surface area (Å²) in [6, 6.07) is 3.16. The van der Waals surface area contributed by atoms with E-state index in [-0.39, 0.29) is 30.3 Å². The standard InChI is InChI=1S/C11H10Br2FNO4S/c12-7-2-8(13)11(17)9(3-7)15-4-6(1-10(15)16)5-20(14,18)19/h2-3,6,17H,1,4-5H2. The highest BCUT2D eigenvalue weighted by molar-refractivity contribution is 9.11. The number of aromatic hydroxyl groups is 1. The van der Waals surface area contributed by atoms with Gasteiger partial charge in [-0.15, -0.1) is 3.89 Å². The van der Waals surface area contributed by atoms with E-state index >= 15 is 0 Å². The zero-order chi connectivity index (χ0) is 15.1. The van der Waals surface area contributed by atoms with Crippen LogP contribution in [0, 0.1) is 5.92 Å². The fraction of sp³-hybridized carbons (Fsp3) is 0.364. The second-order valence-corrected chi connectivity index (χ2v) is 7.72. The van der Waals surface area contributed by atoms with Crippen LogP contribution in [0.4, 0.5) is 9.57 Å². The van der Waals surface area contributed by atoms with Gasteiger partial charge in [-0.1, -0.05) is 15.9 Å². The molecule has 110 valence electrons. The van der Waals surface area contributed by atoms with Gasteiger partial charge in [0.2, 0.25) is 5.91 Å². The second-order valence-electron chi connectivity index (χ2n) is 4.54. The van der Waals surface area contributed by atoms with Crippen molar-refractivity contribution < 1.29 is 22.2 Å². The fourth-order valence-electron chi connectivity index (χ4n) is 2.17. The van der Waals surface area contributed by atoms with E-state index in [1.54, 1.807) is 12.1 Å². The van der Waals surface area contributed by atoms with E-state index in [1.807, 2.05) is 0 Å². The van der Waals surface area contributed by atoms with Gasteiger partial charge < -0.3 is 10.0 Å². The van der Waals surface area contributed by atoms with Crippen LogP contribution in [-0.4, -0.2) is 31.7 Å². The zero-order valence-electron chi connectivity index (χ0n) is 10.0. The van der Waals surface area contributed by atoms with Crippen LogP contribution in [-0.2, 0) is 15.0 Å². The first-order chi connectivity index (χ1) is 9.17. The van der Waals surface area contributed by atoms with E-state index < -0.39 is 21.9 Å². The van der Waals surface area contributed by atoms with E-state index in [0.717, 1.165) is 0 Å². The highest BCUT2D eigenvalue weighted by atomic mass is 79.9. The third-order valence-electron chi connectivity index (χ3n) is 2.94. The highest BCUT2D eigenvalue weighted by Crippen LogP contribution is 2.40. The predicted octanol–water partition coefficient (Wildman–Crippen LogP) is 2.57. The van der Waals surface area contributed by atoms with E-state index in [9.17, 15) is 22.2 Å². The fourth-order valence-corrected chi connectivity index (χ4v) is 4.15. The molecule has 1 saturated heterocycles. The lowest BCUT2D eigenvalue weighted by atomic mass is 10.1. The monoisotopic (exact) mass is 429 g/mol. The van der Waals surface area contributed by atoms with Gasteiger partial charge in [0.15, 0.2) is 5.75 Å². The molecule has 0 aliphatic carbocycles. The molecule has 1 aliphatic heterocycles. The molecule has 5 nitrogen and oxygen atoms in total. The van der Waals surface area contributed by atoms with Crippen molar-refractivity contribution in [3.8, 4) is 5.75 Å². The molecule has 0 spiro atoms. The molecule has 1 amide bonds. The molecule has 2 rings (SSSR count). The van der Waals surface area contributed by atoms with Gasteiger partial charge in [0.05, 0.1) is 15.9 Å². The van der Waals surface area contributed by atoms with Crippen molar-refractivity contribution in [1.82, 2.24) is 0 Å². The molecule has 20 heavy (non-hydrogen) atoms. The average molecular weight is 431 g/mol. The van der Waals surface area contributed by atoms with Crippen molar-refractivity contribution in [2.24, 2.45) is 5.92 Å². The van der Waals surface area contributed by atoms with E-state index in [1.165, 1.54) is 4.90 Å². The van der Waals surface area contributed by atoms with Crippen LogP contribution in [0.15, 0.2) is 21.1 Å². The van der Waals surface area contributed by atoms with Crippen molar-refractivity contribution in [1.29, 1.82) is 0 Å². The summed E-state index contributed by atoms with van der Waals surface area (Å²) in [6.45, 7) is 0.0540. The first kappa shape index (κ1) is 15.7. The van der Waals surface area contributed by atoms with Crippen LogP contribution in [0.5, 0.6) is 5.75 Å². The van der Waals surface area contributed by atoms with Gasteiger partial charge in [0.25, 0.3) is 0 Å². The molecule has 1 fully saturated rings. The number of amides is 1. The van der Waals surface area contributed by atoms with Crippen LogP contribution in [0.25, 0.3) is 0 Å². The maximum atomic E-state index is 12.7. The summed E-state index contributed by atoms with van der Waals surface area (Å²) in [5.41, 5.74) is 0.259. The molecule has 9 heteroatoms. The van der Waals surface area contributed by atoms with Gasteiger partial charge in [-0.25, -0.2) is 0 Å². The lowest BCUT2D eigenvalue weighted by Crippen LogP contribution is -2.25. The van der Waals surface area contributed by atoms with E-state index in [4.69, 9.17) is 0 Å². The van der Waals surface area contributed by atoms with Crippen molar-refractivity contribution >= 4 is 53.7 Å². The summed E-state index contributed by atoms with van der Waals surface area (Å²) >= 11 is 6.40. The Labute approximate surface area is 132 Å². The summed E-state index contributed by atoms with van der Waals surface area (Å²) in [4.78, 5) is 13.2. The van der Waals surface area contributed by atoms with Gasteiger partial charge in [0, 0.05) is 23.4 Å².